The zero-order chi connectivity index (χ0) is 74.9. The minimum Gasteiger partial charge on any atom is -0.335 e. The number of pyridine rings is 7. The number of benzene rings is 3. The molecule has 29 nitrogen and oxygen atoms in total. The molecule has 15 aromatic heterocycles. The summed E-state index contributed by atoms with van der Waals surface area (Å²) in [6.07, 6.45) is 33.7. The fraction of sp³-hybridized carbons (Fsp3) is 0.136. The first-order valence-corrected chi connectivity index (χ1v) is 35.8. The predicted octanol–water partition coefficient (Wildman–Crippen LogP) is 15.7. The molecule has 29 heteroatoms. The first-order chi connectivity index (χ1) is 54.1. The molecule has 18 aromatic rings. The molecule has 0 spiro atoms. The van der Waals surface area contributed by atoms with Gasteiger partial charge in [-0.2, -0.15) is 15.3 Å². The summed E-state index contributed by atoms with van der Waals surface area (Å²) in [5.41, 5.74) is 20.7. The number of nitrogens with zero attached hydrogens (tertiary/aromatic N) is 17. The number of aromatic nitrogens is 23. The van der Waals surface area contributed by atoms with Crippen LogP contribution >= 0.6 is 0 Å². The summed E-state index contributed by atoms with van der Waals surface area (Å²) in [5, 5.41) is 34.1. The maximum absolute atomic E-state index is 12.2. The quantitative estimate of drug-likeness (QED) is 0.0342. The van der Waals surface area contributed by atoms with Gasteiger partial charge in [0.25, 0.3) is 0 Å². The molecule has 0 aliphatic rings. The Morgan fingerprint density at radius 2 is 0.727 bits per heavy atom. The Labute approximate surface area is 625 Å². The molecule has 110 heavy (non-hydrogen) atoms. The summed E-state index contributed by atoms with van der Waals surface area (Å²) in [7, 11) is 0. The molecule has 0 saturated heterocycles. The van der Waals surface area contributed by atoms with Crippen molar-refractivity contribution in [2.24, 2.45) is 0 Å². The van der Waals surface area contributed by atoms with Gasteiger partial charge in [-0.1, -0.05) is 70.0 Å². The number of carbonyl (C=O) groups is 3. The van der Waals surface area contributed by atoms with E-state index in [0.29, 0.717) is 76.8 Å². The van der Waals surface area contributed by atoms with E-state index in [0.717, 1.165) is 154 Å². The fourth-order valence-electron chi connectivity index (χ4n) is 12.7. The molecule has 540 valence electrons. The van der Waals surface area contributed by atoms with E-state index in [1.807, 2.05) is 117 Å². The Kier molecular flexibility index (Phi) is 19.8. The van der Waals surface area contributed by atoms with Crippen LogP contribution in [-0.2, 0) is 14.4 Å². The molecule has 3 aromatic carbocycles. The summed E-state index contributed by atoms with van der Waals surface area (Å²) < 4.78 is 0. The van der Waals surface area contributed by atoms with Crippen molar-refractivity contribution in [3.63, 3.8) is 0 Å². The number of H-pyrrole nitrogens is 6. The zero-order valence-electron chi connectivity index (χ0n) is 59.6. The number of carbonyl (C=O) groups excluding carboxylic acids is 3. The number of unbranched alkanes of at least 4 members (excludes halogenated alkanes) is 2. The van der Waals surface area contributed by atoms with Gasteiger partial charge in [0.1, 0.15) is 33.6 Å². The molecule has 0 saturated carbocycles. The maximum Gasteiger partial charge on any atom is 0.229 e. The molecule has 0 fully saturated rings. The van der Waals surface area contributed by atoms with Crippen LogP contribution in [0.25, 0.3) is 167 Å². The molecule has 0 radical (unpaired) electrons. The Morgan fingerprint density at radius 3 is 1.14 bits per heavy atom. The number of nitrogens with one attached hydrogen (secondary N) is 9. The first kappa shape index (κ1) is 69.5. The lowest BCUT2D eigenvalue weighted by atomic mass is 10.0. The van der Waals surface area contributed by atoms with Gasteiger partial charge in [0.15, 0.2) is 17.5 Å². The van der Waals surface area contributed by atoms with E-state index in [-0.39, 0.29) is 23.7 Å². The van der Waals surface area contributed by atoms with Gasteiger partial charge >= 0.3 is 0 Å². The van der Waals surface area contributed by atoms with Crippen molar-refractivity contribution in [1.82, 2.24) is 115 Å². The van der Waals surface area contributed by atoms with Crippen molar-refractivity contribution >= 4 is 101 Å². The summed E-state index contributed by atoms with van der Waals surface area (Å²) in [4.78, 5) is 109. The first-order valence-electron chi connectivity index (χ1n) is 35.8. The van der Waals surface area contributed by atoms with Gasteiger partial charge in [-0.05, 0) is 97.6 Å². The number of anilines is 3. The minimum absolute atomic E-state index is 0.00148. The lowest BCUT2D eigenvalue weighted by Crippen LogP contribution is -2.13. The summed E-state index contributed by atoms with van der Waals surface area (Å²) >= 11 is 0. The summed E-state index contributed by atoms with van der Waals surface area (Å²) in [5.74, 6) is 2.28. The highest BCUT2D eigenvalue weighted by Crippen LogP contribution is 2.37. The normalized spacial score (nSPS) is 11.3. The molecular formula is C81H68N26O3. The highest BCUT2D eigenvalue weighted by molar-refractivity contribution is 6.02. The Hall–Kier alpha value is -14.9. The van der Waals surface area contributed by atoms with Crippen molar-refractivity contribution in [3.05, 3.63) is 208 Å². The van der Waals surface area contributed by atoms with Gasteiger partial charge in [0.05, 0.1) is 75.0 Å². The average molecular weight is 1450 g/mol. The molecule has 0 aliphatic heterocycles. The van der Waals surface area contributed by atoms with Crippen LogP contribution in [0.5, 0.6) is 0 Å². The van der Waals surface area contributed by atoms with Crippen LogP contribution in [0.4, 0.5) is 17.6 Å². The molecule has 0 atom stereocenters. The maximum atomic E-state index is 12.2. The zero-order valence-corrected chi connectivity index (χ0v) is 59.6. The second-order valence-electron chi connectivity index (χ2n) is 25.8. The van der Waals surface area contributed by atoms with E-state index in [1.165, 1.54) is 0 Å². The van der Waals surface area contributed by atoms with Gasteiger partial charge in [0.2, 0.25) is 29.6 Å². The monoisotopic (exact) mass is 1450 g/mol. The lowest BCUT2D eigenvalue weighted by molar-refractivity contribution is -0.117. The number of hydrogen-bond acceptors (Lipinski definition) is 20. The number of rotatable bonds is 20. The van der Waals surface area contributed by atoms with E-state index in [9.17, 15) is 14.4 Å². The van der Waals surface area contributed by atoms with Crippen LogP contribution in [0.15, 0.2) is 208 Å². The largest absolute Gasteiger partial charge is 0.335 e. The van der Waals surface area contributed by atoms with E-state index in [4.69, 9.17) is 15.0 Å². The van der Waals surface area contributed by atoms with Gasteiger partial charge in [-0.3, -0.25) is 75.2 Å². The molecule has 9 N–H and O–H groups in total. The fourth-order valence-corrected chi connectivity index (χ4v) is 12.7. The van der Waals surface area contributed by atoms with Crippen LogP contribution in [0.3, 0.4) is 0 Å². The van der Waals surface area contributed by atoms with E-state index in [2.05, 4.69) is 129 Å². The highest BCUT2D eigenvalue weighted by atomic mass is 16.2. The highest BCUT2D eigenvalue weighted by Gasteiger charge is 2.22. The number of fused-ring (bicyclic) bond motifs is 6. The molecule has 0 bridgehead atoms. The minimum atomic E-state index is -0.104. The van der Waals surface area contributed by atoms with Gasteiger partial charge in [-0.25, -0.2) is 34.9 Å². The number of aromatic amines is 6. The van der Waals surface area contributed by atoms with Gasteiger partial charge in [-0.15, -0.1) is 0 Å². The second-order valence-corrected chi connectivity index (χ2v) is 25.8. The molecule has 15 heterocycles. The number of amides is 3. The van der Waals surface area contributed by atoms with Crippen molar-refractivity contribution < 1.29 is 14.4 Å². The third-order valence-electron chi connectivity index (χ3n) is 18.2. The van der Waals surface area contributed by atoms with Gasteiger partial charge < -0.3 is 20.3 Å². The average Bonchev–Trinajstić information content (AvgIpc) is 1.63. The predicted molar refractivity (Wildman–Crippen MR) is 422 cm³/mol. The molecule has 3 amide bonds. The SMILES string of the molecule is CCCC(=O)Nc1nccc(-c2ccc3[nH]nc(-c4nc5c(-c6cccnc6)cncc5[nH]4)c3c2)n1.CCCCC(=O)Nc1cncc(-c2ccc3[nH]nc(-c4nc5c(-c6cccnc6)cncc5[nH]4)c3c2)c1.CCCCC(=O)Nc1nccc(-c2ccc3[nH]nc(-c4nc5c(-c6cccnc6)cncc5[nH]4)c3c2)n1. The second kappa shape index (κ2) is 31.4. The Morgan fingerprint density at radius 1 is 0.336 bits per heavy atom. The van der Waals surface area contributed by atoms with Crippen molar-refractivity contribution in [1.29, 1.82) is 0 Å². The molecule has 0 aliphatic carbocycles. The molecule has 18 rings (SSSR count). The van der Waals surface area contributed by atoms with Crippen LogP contribution in [0, 0.1) is 0 Å². The Balaban J connectivity index is 0.000000125. The van der Waals surface area contributed by atoms with Crippen molar-refractivity contribution in [3.8, 4) is 102 Å². The number of imidazole rings is 3. The van der Waals surface area contributed by atoms with E-state index < -0.39 is 0 Å². The van der Waals surface area contributed by atoms with Gasteiger partial charge in [0, 0.05) is 160 Å². The molecular weight excluding hydrogens is 1390 g/mol. The van der Waals surface area contributed by atoms with Crippen LogP contribution in [0.1, 0.15) is 72.1 Å². The summed E-state index contributed by atoms with van der Waals surface area (Å²) in [6.45, 7) is 6.07. The van der Waals surface area contributed by atoms with Crippen LogP contribution < -0.4 is 16.0 Å². The third kappa shape index (κ3) is 14.9. The van der Waals surface area contributed by atoms with E-state index >= 15 is 0 Å². The van der Waals surface area contributed by atoms with Crippen LogP contribution in [0.2, 0.25) is 0 Å². The van der Waals surface area contributed by atoms with Crippen LogP contribution in [-0.4, -0.2) is 133 Å². The summed E-state index contributed by atoms with van der Waals surface area (Å²) in [6, 6.07) is 35.0. The topological polar surface area (TPSA) is 401 Å². The molecule has 0 unspecified atom stereocenters. The van der Waals surface area contributed by atoms with E-state index in [1.54, 1.807) is 99.1 Å². The number of hydrogen-bond donors (Lipinski definition) is 9. The van der Waals surface area contributed by atoms with Crippen molar-refractivity contribution in [2.45, 2.75) is 72.1 Å². The lowest BCUT2D eigenvalue weighted by Gasteiger charge is -2.07. The smallest absolute Gasteiger partial charge is 0.229 e. The standard InChI is InChI=1S/C28H24N8O.C27H23N9O.C26H21N9O/c1-2-3-6-25(37)32-20-10-19(13-30-14-20)17-7-8-23-21(11-17)27(36-35-23)28-33-24-16-31-15-22(26(24)34-28)18-5-4-9-29-12-18;1-2-3-6-23(37)33-27-30-11-9-20(32-27)16-7-8-21-18(12-16)25(36-35-21)26-31-22-15-29-14-19(24(22)34-26)17-5-4-10-28-13-17;1-2-4-22(36)32-26-29-10-8-19(31-26)15-6-7-20-17(11-15)24(35-34-20)25-30-21-14-28-13-18(23(21)33-25)16-5-3-9-27-12-16/h4-5,7-16H,2-3,6H2,1H3,(H,32,37)(H,33,34)(H,35,36);4-5,7-15H,2-3,6H2,1H3,(H,31,34)(H,35,36)(H,30,32,33,37);3,5-14H,2,4H2,1H3,(H,30,33)(H,34,35)(H,29,31,32,36). The Bertz CT molecular complexity index is 6110. The third-order valence-corrected chi connectivity index (χ3v) is 18.2. The van der Waals surface area contributed by atoms with Crippen molar-refractivity contribution in [2.75, 3.05) is 16.0 Å².